The van der Waals surface area contributed by atoms with Crippen molar-refractivity contribution in [2.24, 2.45) is 11.8 Å². The Labute approximate surface area is 109 Å². The molecule has 0 aliphatic rings. The molecule has 18 heavy (non-hydrogen) atoms. The lowest BCUT2D eigenvalue weighted by atomic mass is 10.0. The Hall–Kier alpha value is -1.55. The number of anilines is 1. The van der Waals surface area contributed by atoms with Gasteiger partial charge in [0.1, 0.15) is 0 Å². The van der Waals surface area contributed by atoms with E-state index in [-0.39, 0.29) is 11.9 Å². The molecule has 1 aromatic carbocycles. The van der Waals surface area contributed by atoms with Crippen molar-refractivity contribution in [3.63, 3.8) is 0 Å². The largest absolute Gasteiger partial charge is 0.349 e. The van der Waals surface area contributed by atoms with Crippen molar-refractivity contribution < 1.29 is 4.79 Å². The smallest absolute Gasteiger partial charge is 0.251 e. The van der Waals surface area contributed by atoms with Gasteiger partial charge < -0.3 is 10.7 Å². The molecule has 1 amide bonds. The lowest BCUT2D eigenvalue weighted by Crippen LogP contribution is -2.38. The van der Waals surface area contributed by atoms with Crippen LogP contribution in [0.2, 0.25) is 0 Å². The average molecular weight is 249 g/mol. The number of hydrogen-bond donors (Lipinski definition) is 3. The van der Waals surface area contributed by atoms with Gasteiger partial charge in [0.2, 0.25) is 0 Å². The number of hydrazine groups is 1. The molecule has 0 aromatic heterocycles. The van der Waals surface area contributed by atoms with E-state index >= 15 is 0 Å². The fourth-order valence-electron chi connectivity index (χ4n) is 1.99. The number of carbonyl (C=O) groups is 1. The van der Waals surface area contributed by atoms with Gasteiger partial charge in [-0.3, -0.25) is 10.6 Å². The monoisotopic (exact) mass is 249 g/mol. The fourth-order valence-corrected chi connectivity index (χ4v) is 1.99. The number of rotatable bonds is 5. The molecule has 4 heteroatoms. The van der Waals surface area contributed by atoms with Crippen LogP contribution in [0.1, 0.15) is 43.1 Å². The Morgan fingerprint density at radius 2 is 2.06 bits per heavy atom. The quantitative estimate of drug-likeness (QED) is 0.554. The van der Waals surface area contributed by atoms with Gasteiger partial charge in [-0.15, -0.1) is 0 Å². The zero-order chi connectivity index (χ0) is 13.7. The molecule has 4 nitrogen and oxygen atoms in total. The third-order valence-corrected chi connectivity index (χ3v) is 3.20. The van der Waals surface area contributed by atoms with E-state index < -0.39 is 0 Å². The number of benzene rings is 1. The van der Waals surface area contributed by atoms with Crippen molar-refractivity contribution in [3.05, 3.63) is 29.3 Å². The summed E-state index contributed by atoms with van der Waals surface area (Å²) in [5, 5.41) is 3.07. The van der Waals surface area contributed by atoms with Crippen molar-refractivity contribution in [1.29, 1.82) is 0 Å². The fraction of sp³-hybridized carbons (Fsp3) is 0.500. The van der Waals surface area contributed by atoms with Crippen LogP contribution in [0.4, 0.5) is 5.69 Å². The molecular formula is C14H23N3O. The van der Waals surface area contributed by atoms with E-state index in [0.29, 0.717) is 11.5 Å². The van der Waals surface area contributed by atoms with Gasteiger partial charge in [-0.05, 0) is 43.0 Å². The van der Waals surface area contributed by atoms with E-state index in [0.717, 1.165) is 17.7 Å². The van der Waals surface area contributed by atoms with Crippen molar-refractivity contribution in [2.45, 2.75) is 40.2 Å². The Balaban J connectivity index is 2.84. The van der Waals surface area contributed by atoms with Gasteiger partial charge in [-0.25, -0.2) is 0 Å². The van der Waals surface area contributed by atoms with Crippen molar-refractivity contribution in [2.75, 3.05) is 5.43 Å². The molecule has 0 aliphatic heterocycles. The SMILES string of the molecule is CCC(NC(=O)c1ccc(NN)cc1C)C(C)C. The minimum Gasteiger partial charge on any atom is -0.349 e. The summed E-state index contributed by atoms with van der Waals surface area (Å²) in [6.07, 6.45) is 0.935. The Kier molecular flexibility index (Phi) is 5.16. The molecule has 1 aromatic rings. The van der Waals surface area contributed by atoms with E-state index in [9.17, 15) is 4.79 Å². The van der Waals surface area contributed by atoms with E-state index in [1.54, 1.807) is 12.1 Å². The minimum atomic E-state index is -0.0170. The van der Waals surface area contributed by atoms with E-state index in [1.807, 2.05) is 13.0 Å². The van der Waals surface area contributed by atoms with Crippen LogP contribution in [0, 0.1) is 12.8 Å². The number of nitrogen functional groups attached to an aromatic ring is 1. The molecular weight excluding hydrogens is 226 g/mol. The van der Waals surface area contributed by atoms with Gasteiger partial charge in [0.05, 0.1) is 0 Å². The summed E-state index contributed by atoms with van der Waals surface area (Å²) in [4.78, 5) is 12.2. The summed E-state index contributed by atoms with van der Waals surface area (Å²) in [7, 11) is 0. The third kappa shape index (κ3) is 3.47. The second-order valence-electron chi connectivity index (χ2n) is 4.91. The molecule has 100 valence electrons. The first kappa shape index (κ1) is 14.5. The minimum absolute atomic E-state index is 0.0170. The first-order chi connectivity index (χ1) is 8.49. The molecule has 1 rings (SSSR count). The maximum atomic E-state index is 12.2. The summed E-state index contributed by atoms with van der Waals surface area (Å²) in [5.74, 6) is 5.75. The zero-order valence-electron chi connectivity index (χ0n) is 11.6. The molecule has 0 saturated heterocycles. The highest BCUT2D eigenvalue weighted by Crippen LogP contribution is 2.15. The van der Waals surface area contributed by atoms with Gasteiger partial charge in [0, 0.05) is 17.3 Å². The van der Waals surface area contributed by atoms with Crippen LogP contribution in [-0.4, -0.2) is 11.9 Å². The van der Waals surface area contributed by atoms with Crippen molar-refractivity contribution in [3.8, 4) is 0 Å². The molecule has 0 spiro atoms. The van der Waals surface area contributed by atoms with Crippen LogP contribution in [0.3, 0.4) is 0 Å². The van der Waals surface area contributed by atoms with Gasteiger partial charge in [-0.1, -0.05) is 20.8 Å². The van der Waals surface area contributed by atoms with E-state index in [2.05, 4.69) is 31.5 Å². The van der Waals surface area contributed by atoms with Gasteiger partial charge in [-0.2, -0.15) is 0 Å². The number of hydrogen-bond acceptors (Lipinski definition) is 3. The highest BCUT2D eigenvalue weighted by Gasteiger charge is 2.16. The lowest BCUT2D eigenvalue weighted by molar-refractivity contribution is 0.0924. The van der Waals surface area contributed by atoms with Crippen molar-refractivity contribution >= 4 is 11.6 Å². The van der Waals surface area contributed by atoms with Crippen LogP contribution in [-0.2, 0) is 0 Å². The molecule has 0 bridgehead atoms. The summed E-state index contributed by atoms with van der Waals surface area (Å²) >= 11 is 0. The van der Waals surface area contributed by atoms with Crippen LogP contribution in [0.25, 0.3) is 0 Å². The van der Waals surface area contributed by atoms with E-state index in [1.165, 1.54) is 0 Å². The number of carbonyl (C=O) groups excluding carboxylic acids is 1. The zero-order valence-corrected chi connectivity index (χ0v) is 11.6. The first-order valence-corrected chi connectivity index (χ1v) is 6.37. The molecule has 1 atom stereocenters. The van der Waals surface area contributed by atoms with Gasteiger partial charge in [0.15, 0.2) is 0 Å². The lowest BCUT2D eigenvalue weighted by Gasteiger charge is -2.21. The number of nitrogens with two attached hydrogens (primary N) is 1. The summed E-state index contributed by atoms with van der Waals surface area (Å²) in [6.45, 7) is 8.22. The predicted octanol–water partition coefficient (Wildman–Crippen LogP) is 2.45. The van der Waals surface area contributed by atoms with Crippen LogP contribution in [0.15, 0.2) is 18.2 Å². The second kappa shape index (κ2) is 6.40. The summed E-state index contributed by atoms with van der Waals surface area (Å²) in [5.41, 5.74) is 5.00. The molecule has 0 heterocycles. The van der Waals surface area contributed by atoms with Gasteiger partial charge in [0.25, 0.3) is 5.91 Å². The maximum Gasteiger partial charge on any atom is 0.251 e. The number of aryl methyl sites for hydroxylation is 1. The summed E-state index contributed by atoms with van der Waals surface area (Å²) in [6, 6.07) is 5.68. The molecule has 0 saturated carbocycles. The highest BCUT2D eigenvalue weighted by atomic mass is 16.1. The topological polar surface area (TPSA) is 67.2 Å². The Morgan fingerprint density at radius 3 is 2.50 bits per heavy atom. The first-order valence-electron chi connectivity index (χ1n) is 6.37. The number of amides is 1. The third-order valence-electron chi connectivity index (χ3n) is 3.20. The normalized spacial score (nSPS) is 12.3. The Morgan fingerprint density at radius 1 is 1.39 bits per heavy atom. The number of nitrogens with one attached hydrogen (secondary N) is 2. The molecule has 0 radical (unpaired) electrons. The average Bonchev–Trinajstić information content (AvgIpc) is 2.34. The van der Waals surface area contributed by atoms with Gasteiger partial charge >= 0.3 is 0 Å². The molecule has 0 fully saturated rings. The Bertz CT molecular complexity index is 416. The predicted molar refractivity (Wildman–Crippen MR) is 75.4 cm³/mol. The highest BCUT2D eigenvalue weighted by molar-refractivity contribution is 5.96. The maximum absolute atomic E-state index is 12.2. The molecule has 1 unspecified atom stereocenters. The van der Waals surface area contributed by atoms with Crippen LogP contribution < -0.4 is 16.6 Å². The molecule has 0 aliphatic carbocycles. The van der Waals surface area contributed by atoms with Crippen LogP contribution >= 0.6 is 0 Å². The van der Waals surface area contributed by atoms with E-state index in [4.69, 9.17) is 5.84 Å². The standard InChI is InChI=1S/C14H23N3O/c1-5-13(9(2)3)16-14(18)12-7-6-11(17-15)8-10(12)4/h6-9,13,17H,5,15H2,1-4H3,(H,16,18). The van der Waals surface area contributed by atoms with Crippen molar-refractivity contribution in [1.82, 2.24) is 5.32 Å². The second-order valence-corrected chi connectivity index (χ2v) is 4.91. The summed E-state index contributed by atoms with van der Waals surface area (Å²) < 4.78 is 0. The molecule has 4 N–H and O–H groups in total. The van der Waals surface area contributed by atoms with Crippen LogP contribution in [0.5, 0.6) is 0 Å².